The van der Waals surface area contributed by atoms with Crippen molar-refractivity contribution in [2.24, 2.45) is 11.8 Å². The van der Waals surface area contributed by atoms with Crippen molar-refractivity contribution in [3.63, 3.8) is 0 Å². The highest BCUT2D eigenvalue weighted by atomic mass is 16.5. The summed E-state index contributed by atoms with van der Waals surface area (Å²) in [6.07, 6.45) is 5.29. The Morgan fingerprint density at radius 1 is 1.16 bits per heavy atom. The fraction of sp³-hybridized carbons (Fsp3) is 0.542. The highest BCUT2D eigenvalue weighted by molar-refractivity contribution is 5.80. The van der Waals surface area contributed by atoms with E-state index in [2.05, 4.69) is 34.0 Å². The van der Waals surface area contributed by atoms with Gasteiger partial charge in [0.1, 0.15) is 0 Å². The van der Waals surface area contributed by atoms with Crippen molar-refractivity contribution in [2.75, 3.05) is 31.2 Å². The Bertz CT molecular complexity index is 844. The number of hydrogen-bond acceptors (Lipinski definition) is 6. The summed E-state index contributed by atoms with van der Waals surface area (Å²) in [6.45, 7) is 10.8. The van der Waals surface area contributed by atoms with E-state index in [-0.39, 0.29) is 23.8 Å². The Kier molecular flexibility index (Phi) is 8.09. The molecule has 1 aromatic carbocycles. The van der Waals surface area contributed by atoms with E-state index in [9.17, 15) is 4.79 Å². The molecule has 1 saturated heterocycles. The molecule has 0 radical (unpaired) electrons. The van der Waals surface area contributed by atoms with Crippen LogP contribution < -0.4 is 19.7 Å². The number of carbonyl (C=O) groups excluding carboxylic acids is 1. The van der Waals surface area contributed by atoms with E-state index in [0.29, 0.717) is 31.5 Å². The maximum atomic E-state index is 13.2. The summed E-state index contributed by atoms with van der Waals surface area (Å²) in [6, 6.07) is 7.64. The predicted molar refractivity (Wildman–Crippen MR) is 121 cm³/mol. The number of carbonyl (C=O) groups is 1. The molecule has 3 rings (SSSR count). The third-order valence-corrected chi connectivity index (χ3v) is 5.52. The van der Waals surface area contributed by atoms with Gasteiger partial charge in [-0.2, -0.15) is 0 Å². The first kappa shape index (κ1) is 22.8. The van der Waals surface area contributed by atoms with Gasteiger partial charge in [0.2, 0.25) is 11.9 Å². The fourth-order valence-corrected chi connectivity index (χ4v) is 3.99. The van der Waals surface area contributed by atoms with Crippen LogP contribution in [0.15, 0.2) is 36.7 Å². The van der Waals surface area contributed by atoms with Crippen LogP contribution in [-0.2, 0) is 4.79 Å². The molecule has 1 amide bonds. The van der Waals surface area contributed by atoms with Gasteiger partial charge in [-0.25, -0.2) is 9.97 Å². The summed E-state index contributed by atoms with van der Waals surface area (Å²) in [7, 11) is 0. The van der Waals surface area contributed by atoms with Gasteiger partial charge in [0, 0.05) is 25.5 Å². The van der Waals surface area contributed by atoms with Crippen LogP contribution in [0.4, 0.5) is 5.95 Å². The summed E-state index contributed by atoms with van der Waals surface area (Å²) in [5, 5.41) is 3.29. The maximum Gasteiger partial charge on any atom is 0.225 e. The van der Waals surface area contributed by atoms with Crippen molar-refractivity contribution in [3.8, 4) is 11.5 Å². The normalized spacial score (nSPS) is 17.3. The monoisotopic (exact) mass is 426 g/mol. The van der Waals surface area contributed by atoms with E-state index in [0.717, 1.165) is 30.7 Å². The summed E-state index contributed by atoms with van der Waals surface area (Å²) >= 11 is 0. The molecule has 1 fully saturated rings. The zero-order chi connectivity index (χ0) is 22.2. The van der Waals surface area contributed by atoms with Gasteiger partial charge in [0.25, 0.3) is 0 Å². The van der Waals surface area contributed by atoms with Gasteiger partial charge < -0.3 is 19.7 Å². The van der Waals surface area contributed by atoms with Crippen molar-refractivity contribution in [2.45, 2.75) is 46.6 Å². The number of piperidine rings is 1. The molecule has 0 bridgehead atoms. The van der Waals surface area contributed by atoms with Crippen LogP contribution in [0.25, 0.3) is 0 Å². The van der Waals surface area contributed by atoms with Crippen LogP contribution in [0.2, 0.25) is 0 Å². The molecule has 1 aliphatic rings. The Labute approximate surface area is 185 Å². The van der Waals surface area contributed by atoms with E-state index in [1.54, 1.807) is 18.5 Å². The Morgan fingerprint density at radius 3 is 2.55 bits per heavy atom. The number of nitrogens with zero attached hydrogens (tertiary/aromatic N) is 3. The van der Waals surface area contributed by atoms with Gasteiger partial charge in [-0.15, -0.1) is 0 Å². The number of nitrogens with one attached hydrogen (secondary N) is 1. The van der Waals surface area contributed by atoms with Gasteiger partial charge in [-0.05, 0) is 56.4 Å². The first-order valence-electron chi connectivity index (χ1n) is 11.2. The lowest BCUT2D eigenvalue weighted by atomic mass is 9.92. The van der Waals surface area contributed by atoms with Gasteiger partial charge >= 0.3 is 0 Å². The molecule has 2 aromatic rings. The highest BCUT2D eigenvalue weighted by Gasteiger charge is 2.29. The molecule has 0 spiro atoms. The fourth-order valence-electron chi connectivity index (χ4n) is 3.99. The van der Waals surface area contributed by atoms with Crippen molar-refractivity contribution < 1.29 is 14.3 Å². The molecule has 1 aliphatic heterocycles. The minimum Gasteiger partial charge on any atom is -0.490 e. The summed E-state index contributed by atoms with van der Waals surface area (Å²) < 4.78 is 11.5. The lowest BCUT2D eigenvalue weighted by Crippen LogP contribution is -2.45. The third kappa shape index (κ3) is 5.87. The molecule has 1 N–H and O–H groups in total. The molecule has 7 nitrogen and oxygen atoms in total. The summed E-state index contributed by atoms with van der Waals surface area (Å²) in [5.74, 6) is 2.35. The Hall–Kier alpha value is -2.83. The predicted octanol–water partition coefficient (Wildman–Crippen LogP) is 4.00. The van der Waals surface area contributed by atoms with Crippen molar-refractivity contribution >= 4 is 11.9 Å². The molecule has 0 saturated carbocycles. The SMILES string of the molecule is CCOc1ccc(C(NC(=O)C2CCCN(c3ncccn3)C2)C(C)C)cc1OCC. The third-order valence-electron chi connectivity index (χ3n) is 5.52. The number of aromatic nitrogens is 2. The van der Waals surface area contributed by atoms with Gasteiger partial charge in [0.15, 0.2) is 11.5 Å². The van der Waals surface area contributed by atoms with Crippen LogP contribution in [0.5, 0.6) is 11.5 Å². The average Bonchev–Trinajstić information content (AvgIpc) is 2.79. The Morgan fingerprint density at radius 2 is 1.87 bits per heavy atom. The van der Waals surface area contributed by atoms with E-state index in [4.69, 9.17) is 9.47 Å². The minimum absolute atomic E-state index is 0.0752. The van der Waals surface area contributed by atoms with Crippen molar-refractivity contribution in [3.05, 3.63) is 42.2 Å². The van der Waals surface area contributed by atoms with E-state index < -0.39 is 0 Å². The molecule has 7 heteroatoms. The first-order valence-corrected chi connectivity index (χ1v) is 11.2. The number of benzene rings is 1. The number of hydrogen-bond donors (Lipinski definition) is 1. The number of ether oxygens (including phenoxy) is 2. The van der Waals surface area contributed by atoms with Gasteiger partial charge in [0.05, 0.1) is 25.2 Å². The van der Waals surface area contributed by atoms with Crippen molar-refractivity contribution in [1.29, 1.82) is 0 Å². The molecular weight excluding hydrogens is 392 g/mol. The van der Waals surface area contributed by atoms with E-state index in [1.165, 1.54) is 0 Å². The second-order valence-electron chi connectivity index (χ2n) is 8.14. The maximum absolute atomic E-state index is 13.2. The van der Waals surface area contributed by atoms with Crippen LogP contribution in [0.3, 0.4) is 0 Å². The number of anilines is 1. The van der Waals surface area contributed by atoms with Crippen LogP contribution in [0.1, 0.15) is 52.1 Å². The molecule has 2 unspecified atom stereocenters. The average molecular weight is 427 g/mol. The van der Waals surface area contributed by atoms with Gasteiger partial charge in [-0.1, -0.05) is 19.9 Å². The molecule has 31 heavy (non-hydrogen) atoms. The topological polar surface area (TPSA) is 76.6 Å². The Balaban J connectivity index is 1.73. The zero-order valence-corrected chi connectivity index (χ0v) is 19.0. The van der Waals surface area contributed by atoms with E-state index >= 15 is 0 Å². The van der Waals surface area contributed by atoms with E-state index in [1.807, 2.05) is 32.0 Å². The molecule has 168 valence electrons. The number of rotatable bonds is 9. The first-order chi connectivity index (χ1) is 15.0. The van der Waals surface area contributed by atoms with Crippen LogP contribution >= 0.6 is 0 Å². The number of amides is 1. The molecular formula is C24H34N4O3. The van der Waals surface area contributed by atoms with Crippen LogP contribution in [0, 0.1) is 11.8 Å². The quantitative estimate of drug-likeness (QED) is 0.653. The minimum atomic E-state index is -0.106. The van der Waals surface area contributed by atoms with Crippen LogP contribution in [-0.4, -0.2) is 42.2 Å². The standard InChI is InChI=1S/C24H34N4O3/c1-5-30-20-11-10-18(15-21(20)31-6-2)22(17(3)4)27-23(29)19-9-7-14-28(16-19)24-25-12-8-13-26-24/h8,10-13,15,17,19,22H,5-7,9,14,16H2,1-4H3,(H,27,29). The molecule has 2 heterocycles. The summed E-state index contributed by atoms with van der Waals surface area (Å²) in [5.41, 5.74) is 1.02. The molecule has 2 atom stereocenters. The lowest BCUT2D eigenvalue weighted by molar-refractivity contribution is -0.126. The second kappa shape index (κ2) is 11.0. The van der Waals surface area contributed by atoms with Gasteiger partial charge in [-0.3, -0.25) is 4.79 Å². The molecule has 1 aromatic heterocycles. The lowest BCUT2D eigenvalue weighted by Gasteiger charge is -2.33. The largest absolute Gasteiger partial charge is 0.490 e. The smallest absolute Gasteiger partial charge is 0.225 e. The highest BCUT2D eigenvalue weighted by Crippen LogP contribution is 2.33. The van der Waals surface area contributed by atoms with Crippen molar-refractivity contribution in [1.82, 2.24) is 15.3 Å². The summed E-state index contributed by atoms with van der Waals surface area (Å²) in [4.78, 5) is 24.0. The zero-order valence-electron chi connectivity index (χ0n) is 19.0. The second-order valence-corrected chi connectivity index (χ2v) is 8.14. The molecule has 0 aliphatic carbocycles.